The average Bonchev–Trinajstić information content (AvgIpc) is 2.65. The Labute approximate surface area is 148 Å². The highest BCUT2D eigenvalue weighted by molar-refractivity contribution is 5.85. The van der Waals surface area contributed by atoms with Crippen LogP contribution in [-0.2, 0) is 16.0 Å². The van der Waals surface area contributed by atoms with Crippen LogP contribution >= 0.6 is 0 Å². The highest BCUT2D eigenvalue weighted by Crippen LogP contribution is 2.07. The number of carbonyl (C=O) groups excluding carboxylic acids is 2. The number of amides is 2. The number of hydrogen-bond acceptors (Lipinski definition) is 3. The van der Waals surface area contributed by atoms with E-state index in [0.717, 1.165) is 12.8 Å². The minimum Gasteiger partial charge on any atom is -0.484 e. The van der Waals surface area contributed by atoms with Gasteiger partial charge in [0, 0.05) is 6.04 Å². The van der Waals surface area contributed by atoms with Crippen molar-refractivity contribution < 1.29 is 14.3 Å². The van der Waals surface area contributed by atoms with Crippen molar-refractivity contribution in [1.82, 2.24) is 10.6 Å². The van der Waals surface area contributed by atoms with E-state index in [1.54, 1.807) is 12.1 Å². The summed E-state index contributed by atoms with van der Waals surface area (Å²) in [5, 5.41) is 5.44. The number of rotatable bonds is 9. The summed E-state index contributed by atoms with van der Waals surface area (Å²) in [4.78, 5) is 23.6. The molecular formula is C20H24N2O3. The quantitative estimate of drug-likeness (QED) is 0.736. The SMILES string of the molecule is C[C@@H](CCc1ccccc1)NC(=O)CNC(=O)COc1ccccc1. The van der Waals surface area contributed by atoms with Gasteiger partial charge in [0.15, 0.2) is 6.61 Å². The van der Waals surface area contributed by atoms with E-state index >= 15 is 0 Å². The van der Waals surface area contributed by atoms with Gasteiger partial charge in [0.05, 0.1) is 6.54 Å². The van der Waals surface area contributed by atoms with E-state index in [1.165, 1.54) is 5.56 Å². The number of nitrogens with one attached hydrogen (secondary N) is 2. The van der Waals surface area contributed by atoms with E-state index in [0.29, 0.717) is 5.75 Å². The highest BCUT2D eigenvalue weighted by atomic mass is 16.5. The first-order valence-electron chi connectivity index (χ1n) is 8.41. The van der Waals surface area contributed by atoms with E-state index in [4.69, 9.17) is 4.74 Å². The van der Waals surface area contributed by atoms with Crippen molar-refractivity contribution in [2.75, 3.05) is 13.2 Å². The molecule has 0 saturated carbocycles. The Morgan fingerprint density at radius 2 is 1.60 bits per heavy atom. The molecule has 25 heavy (non-hydrogen) atoms. The molecular weight excluding hydrogens is 316 g/mol. The van der Waals surface area contributed by atoms with Crippen LogP contribution in [-0.4, -0.2) is 31.0 Å². The van der Waals surface area contributed by atoms with E-state index < -0.39 is 0 Å². The van der Waals surface area contributed by atoms with Gasteiger partial charge in [-0.15, -0.1) is 0 Å². The van der Waals surface area contributed by atoms with Crippen molar-refractivity contribution in [3.05, 3.63) is 66.2 Å². The molecule has 5 heteroatoms. The van der Waals surface area contributed by atoms with E-state index in [2.05, 4.69) is 22.8 Å². The van der Waals surface area contributed by atoms with Gasteiger partial charge in [0.2, 0.25) is 5.91 Å². The maximum Gasteiger partial charge on any atom is 0.258 e. The van der Waals surface area contributed by atoms with Gasteiger partial charge in [-0.25, -0.2) is 0 Å². The summed E-state index contributed by atoms with van der Waals surface area (Å²) in [7, 11) is 0. The molecule has 0 heterocycles. The molecule has 2 aromatic carbocycles. The molecule has 132 valence electrons. The number of aryl methyl sites for hydroxylation is 1. The Kier molecular flexibility index (Phi) is 7.50. The summed E-state index contributed by atoms with van der Waals surface area (Å²) in [6, 6.07) is 19.3. The molecule has 0 bridgehead atoms. The fourth-order valence-corrected chi connectivity index (χ4v) is 2.32. The van der Waals surface area contributed by atoms with Crippen LogP contribution in [0.4, 0.5) is 0 Å². The van der Waals surface area contributed by atoms with E-state index in [9.17, 15) is 9.59 Å². The molecule has 0 spiro atoms. The third-order valence-electron chi connectivity index (χ3n) is 3.68. The molecule has 5 nitrogen and oxygen atoms in total. The van der Waals surface area contributed by atoms with Gasteiger partial charge in [0.25, 0.3) is 5.91 Å². The van der Waals surface area contributed by atoms with Crippen molar-refractivity contribution in [2.24, 2.45) is 0 Å². The topological polar surface area (TPSA) is 67.4 Å². The van der Waals surface area contributed by atoms with Crippen LogP contribution in [0.25, 0.3) is 0 Å². The summed E-state index contributed by atoms with van der Waals surface area (Å²) in [5.41, 5.74) is 1.25. The average molecular weight is 340 g/mol. The second-order valence-electron chi connectivity index (χ2n) is 5.87. The Balaban J connectivity index is 1.60. The number of ether oxygens (including phenoxy) is 1. The minimum atomic E-state index is -0.323. The van der Waals surface area contributed by atoms with Crippen LogP contribution in [0.5, 0.6) is 5.75 Å². The molecule has 0 saturated heterocycles. The van der Waals surface area contributed by atoms with Gasteiger partial charge in [-0.05, 0) is 37.5 Å². The number of benzene rings is 2. The van der Waals surface area contributed by atoms with Gasteiger partial charge in [-0.2, -0.15) is 0 Å². The predicted molar refractivity (Wildman–Crippen MR) is 97.3 cm³/mol. The molecule has 0 aliphatic carbocycles. The Morgan fingerprint density at radius 1 is 0.960 bits per heavy atom. The Hall–Kier alpha value is -2.82. The smallest absolute Gasteiger partial charge is 0.258 e. The van der Waals surface area contributed by atoms with Crippen LogP contribution in [0.15, 0.2) is 60.7 Å². The third kappa shape index (κ3) is 7.52. The number of carbonyl (C=O) groups is 2. The van der Waals surface area contributed by atoms with Crippen molar-refractivity contribution in [2.45, 2.75) is 25.8 Å². The van der Waals surface area contributed by atoms with Crippen LogP contribution in [0.1, 0.15) is 18.9 Å². The number of para-hydroxylation sites is 1. The first kappa shape index (κ1) is 18.5. The molecule has 0 unspecified atom stereocenters. The van der Waals surface area contributed by atoms with Gasteiger partial charge in [0.1, 0.15) is 5.75 Å². The van der Waals surface area contributed by atoms with Crippen molar-refractivity contribution in [3.63, 3.8) is 0 Å². The fourth-order valence-electron chi connectivity index (χ4n) is 2.32. The lowest BCUT2D eigenvalue weighted by atomic mass is 10.1. The summed E-state index contributed by atoms with van der Waals surface area (Å²) in [6.45, 7) is 1.80. The van der Waals surface area contributed by atoms with E-state index in [-0.39, 0.29) is 31.0 Å². The fraction of sp³-hybridized carbons (Fsp3) is 0.300. The molecule has 0 radical (unpaired) electrons. The van der Waals surface area contributed by atoms with Crippen molar-refractivity contribution >= 4 is 11.8 Å². The lowest BCUT2D eigenvalue weighted by Gasteiger charge is -2.14. The Morgan fingerprint density at radius 3 is 2.28 bits per heavy atom. The predicted octanol–water partition coefficient (Wildman–Crippen LogP) is 2.32. The van der Waals surface area contributed by atoms with Crippen molar-refractivity contribution in [1.29, 1.82) is 0 Å². The van der Waals surface area contributed by atoms with Crippen LogP contribution < -0.4 is 15.4 Å². The van der Waals surface area contributed by atoms with Crippen molar-refractivity contribution in [3.8, 4) is 5.75 Å². The zero-order valence-electron chi connectivity index (χ0n) is 14.4. The first-order valence-corrected chi connectivity index (χ1v) is 8.41. The lowest BCUT2D eigenvalue weighted by molar-refractivity contribution is -0.127. The molecule has 2 amide bonds. The summed E-state index contributed by atoms with van der Waals surface area (Å²) in [6.07, 6.45) is 1.75. The molecule has 2 N–H and O–H groups in total. The summed E-state index contributed by atoms with van der Waals surface area (Å²) >= 11 is 0. The summed E-state index contributed by atoms with van der Waals surface area (Å²) < 4.78 is 5.32. The molecule has 1 atom stereocenters. The standard InChI is InChI=1S/C20H24N2O3/c1-16(12-13-17-8-4-2-5-9-17)22-19(23)14-21-20(24)15-25-18-10-6-3-7-11-18/h2-11,16H,12-15H2,1H3,(H,21,24)(H,22,23)/t16-/m0/s1. The highest BCUT2D eigenvalue weighted by Gasteiger charge is 2.09. The molecule has 0 fully saturated rings. The normalized spacial score (nSPS) is 11.4. The molecule has 2 aromatic rings. The first-order chi connectivity index (χ1) is 12.1. The maximum absolute atomic E-state index is 11.9. The molecule has 2 rings (SSSR count). The molecule has 0 aliphatic heterocycles. The number of hydrogen-bond donors (Lipinski definition) is 2. The minimum absolute atomic E-state index is 0.0465. The zero-order valence-corrected chi connectivity index (χ0v) is 14.4. The van der Waals surface area contributed by atoms with Crippen LogP contribution in [0.2, 0.25) is 0 Å². The van der Waals surface area contributed by atoms with Gasteiger partial charge < -0.3 is 15.4 Å². The molecule has 0 aliphatic rings. The van der Waals surface area contributed by atoms with Gasteiger partial charge in [-0.1, -0.05) is 48.5 Å². The second kappa shape index (κ2) is 10.1. The van der Waals surface area contributed by atoms with Crippen LogP contribution in [0, 0.1) is 0 Å². The van der Waals surface area contributed by atoms with Gasteiger partial charge in [-0.3, -0.25) is 9.59 Å². The largest absolute Gasteiger partial charge is 0.484 e. The second-order valence-corrected chi connectivity index (χ2v) is 5.87. The van der Waals surface area contributed by atoms with Gasteiger partial charge >= 0.3 is 0 Å². The third-order valence-corrected chi connectivity index (χ3v) is 3.68. The Bertz CT molecular complexity index is 659. The molecule has 0 aromatic heterocycles. The zero-order chi connectivity index (χ0) is 17.9. The monoisotopic (exact) mass is 340 g/mol. The van der Waals surface area contributed by atoms with Crippen LogP contribution in [0.3, 0.4) is 0 Å². The summed E-state index contributed by atoms with van der Waals surface area (Å²) in [5.74, 6) is 0.0983. The van der Waals surface area contributed by atoms with E-state index in [1.807, 2.05) is 43.3 Å². The maximum atomic E-state index is 11.9. The lowest BCUT2D eigenvalue weighted by Crippen LogP contribution is -2.42.